The van der Waals surface area contributed by atoms with Crippen LogP contribution in [0, 0.1) is 0 Å². The topological polar surface area (TPSA) is 58.4 Å². The average Bonchev–Trinajstić information content (AvgIpc) is 2.85. The summed E-state index contributed by atoms with van der Waals surface area (Å²) in [6.45, 7) is -0.0278. The number of carbonyl (C=O) groups excluding carboxylic acids is 1. The Hall–Kier alpha value is -1.01. The quantitative estimate of drug-likeness (QED) is 0.842. The van der Waals surface area contributed by atoms with Crippen molar-refractivity contribution in [3.8, 4) is 0 Å². The first-order chi connectivity index (χ1) is 9.63. The highest BCUT2D eigenvalue weighted by Gasteiger charge is 2.22. The van der Waals surface area contributed by atoms with Gasteiger partial charge in [-0.05, 0) is 12.8 Å². The van der Waals surface area contributed by atoms with Gasteiger partial charge in [0, 0.05) is 20.1 Å². The third-order valence-corrected chi connectivity index (χ3v) is 5.07. The minimum atomic E-state index is -0.0278. The molecule has 112 valence electrons. The molecule has 2 rings (SSSR count). The Morgan fingerprint density at radius 1 is 1.50 bits per heavy atom. The van der Waals surface area contributed by atoms with Crippen LogP contribution in [0.4, 0.5) is 0 Å². The summed E-state index contributed by atoms with van der Waals surface area (Å²) in [6, 6.07) is 0.409. The van der Waals surface area contributed by atoms with E-state index in [9.17, 15) is 4.79 Å². The minimum Gasteiger partial charge on any atom is -0.390 e. The van der Waals surface area contributed by atoms with E-state index < -0.39 is 0 Å². The number of carbonyl (C=O) groups is 1. The molecule has 1 amide bonds. The molecule has 0 spiro atoms. The zero-order valence-corrected chi connectivity index (χ0v) is 13.0. The lowest BCUT2D eigenvalue weighted by molar-refractivity contribution is -0.129. The summed E-state index contributed by atoms with van der Waals surface area (Å²) in [5, 5.41) is 9.90. The van der Waals surface area contributed by atoms with Gasteiger partial charge in [-0.1, -0.05) is 31.0 Å². The second-order valence-electron chi connectivity index (χ2n) is 5.33. The van der Waals surface area contributed by atoms with Gasteiger partial charge in [-0.2, -0.15) is 0 Å². The molecule has 0 bridgehead atoms. The van der Waals surface area contributed by atoms with Crippen molar-refractivity contribution in [2.45, 2.75) is 49.9 Å². The molecule has 6 heteroatoms. The van der Waals surface area contributed by atoms with E-state index in [4.69, 9.17) is 5.11 Å². The number of aromatic nitrogens is 2. The highest BCUT2D eigenvalue weighted by Crippen LogP contribution is 2.23. The number of imidazole rings is 1. The van der Waals surface area contributed by atoms with Crippen molar-refractivity contribution in [2.24, 2.45) is 7.05 Å². The van der Waals surface area contributed by atoms with E-state index in [0.29, 0.717) is 11.8 Å². The number of nitrogens with zero attached hydrogens (tertiary/aromatic N) is 3. The molecule has 0 saturated heterocycles. The van der Waals surface area contributed by atoms with Crippen molar-refractivity contribution >= 4 is 17.7 Å². The molecule has 1 aliphatic carbocycles. The van der Waals surface area contributed by atoms with Crippen molar-refractivity contribution in [2.75, 3.05) is 12.8 Å². The van der Waals surface area contributed by atoms with Gasteiger partial charge in [0.05, 0.1) is 24.3 Å². The lowest BCUT2D eigenvalue weighted by Gasteiger charge is -2.31. The largest absolute Gasteiger partial charge is 0.390 e. The highest BCUT2D eigenvalue weighted by molar-refractivity contribution is 7.99. The predicted octanol–water partition coefficient (Wildman–Crippen LogP) is 1.80. The van der Waals surface area contributed by atoms with Crippen LogP contribution in [0.2, 0.25) is 0 Å². The van der Waals surface area contributed by atoms with Crippen LogP contribution in [0.15, 0.2) is 11.4 Å². The van der Waals surface area contributed by atoms with Gasteiger partial charge in [0.1, 0.15) is 0 Å². The average molecular weight is 297 g/mol. The fourth-order valence-electron chi connectivity index (χ4n) is 2.61. The highest BCUT2D eigenvalue weighted by atomic mass is 32.2. The van der Waals surface area contributed by atoms with Gasteiger partial charge in [-0.15, -0.1) is 0 Å². The lowest BCUT2D eigenvalue weighted by Crippen LogP contribution is -2.39. The summed E-state index contributed by atoms with van der Waals surface area (Å²) in [5.74, 6) is 0.568. The second kappa shape index (κ2) is 7.13. The van der Waals surface area contributed by atoms with Gasteiger partial charge < -0.3 is 14.6 Å². The molecule has 1 saturated carbocycles. The molecular formula is C14H23N3O2S. The van der Waals surface area contributed by atoms with Crippen molar-refractivity contribution in [3.05, 3.63) is 11.9 Å². The van der Waals surface area contributed by atoms with E-state index in [1.807, 2.05) is 23.6 Å². The van der Waals surface area contributed by atoms with Crippen LogP contribution in [0.3, 0.4) is 0 Å². The maximum Gasteiger partial charge on any atom is 0.233 e. The molecule has 5 nitrogen and oxygen atoms in total. The molecule has 1 aliphatic rings. The van der Waals surface area contributed by atoms with E-state index >= 15 is 0 Å². The zero-order valence-electron chi connectivity index (χ0n) is 12.2. The van der Waals surface area contributed by atoms with Gasteiger partial charge >= 0.3 is 0 Å². The third kappa shape index (κ3) is 3.55. The molecule has 0 aromatic carbocycles. The van der Waals surface area contributed by atoms with E-state index in [0.717, 1.165) is 23.7 Å². The molecule has 20 heavy (non-hydrogen) atoms. The van der Waals surface area contributed by atoms with Crippen LogP contribution in [0.5, 0.6) is 0 Å². The van der Waals surface area contributed by atoms with Crippen LogP contribution in [0.25, 0.3) is 0 Å². The summed E-state index contributed by atoms with van der Waals surface area (Å²) in [6.07, 6.45) is 7.67. The predicted molar refractivity (Wildman–Crippen MR) is 79.5 cm³/mol. The Morgan fingerprint density at radius 2 is 2.20 bits per heavy atom. The van der Waals surface area contributed by atoms with Crippen LogP contribution in [-0.4, -0.2) is 44.3 Å². The normalized spacial score (nSPS) is 16.4. The lowest BCUT2D eigenvalue weighted by atomic mass is 9.94. The fraction of sp³-hybridized carbons (Fsp3) is 0.714. The zero-order chi connectivity index (χ0) is 14.5. The van der Waals surface area contributed by atoms with Gasteiger partial charge in [0.2, 0.25) is 5.91 Å². The first kappa shape index (κ1) is 15.4. The van der Waals surface area contributed by atoms with Gasteiger partial charge in [-0.25, -0.2) is 4.98 Å². The standard InChI is InChI=1S/C14H23N3O2S/c1-16(11-6-4-3-5-7-11)13(19)10-20-14-15-8-12(9-18)17(14)2/h8,11,18H,3-7,9-10H2,1-2H3. The second-order valence-corrected chi connectivity index (χ2v) is 6.28. The molecule has 1 fully saturated rings. The first-order valence-electron chi connectivity index (χ1n) is 7.13. The molecule has 1 N–H and O–H groups in total. The van der Waals surface area contributed by atoms with Crippen molar-refractivity contribution in [3.63, 3.8) is 0 Å². The van der Waals surface area contributed by atoms with Gasteiger partial charge in [-0.3, -0.25) is 4.79 Å². The van der Waals surface area contributed by atoms with Crippen molar-refractivity contribution in [1.82, 2.24) is 14.5 Å². The van der Waals surface area contributed by atoms with Gasteiger partial charge in [0.25, 0.3) is 0 Å². The van der Waals surface area contributed by atoms with Crippen molar-refractivity contribution < 1.29 is 9.90 Å². The number of hydrogen-bond acceptors (Lipinski definition) is 4. The molecule has 1 heterocycles. The third-order valence-electron chi connectivity index (χ3n) is 4.04. The molecule has 0 aliphatic heterocycles. The number of amides is 1. The fourth-order valence-corrected chi connectivity index (χ4v) is 3.50. The number of rotatable bonds is 5. The molecule has 0 atom stereocenters. The van der Waals surface area contributed by atoms with E-state index in [-0.39, 0.29) is 12.5 Å². The Balaban J connectivity index is 1.86. The summed E-state index contributed by atoms with van der Waals surface area (Å²) in [4.78, 5) is 18.4. The van der Waals surface area contributed by atoms with Crippen LogP contribution in [0.1, 0.15) is 37.8 Å². The minimum absolute atomic E-state index is 0.0278. The molecule has 0 radical (unpaired) electrons. The van der Waals surface area contributed by atoms with Crippen molar-refractivity contribution in [1.29, 1.82) is 0 Å². The van der Waals surface area contributed by atoms with Crippen LogP contribution < -0.4 is 0 Å². The molecular weight excluding hydrogens is 274 g/mol. The Morgan fingerprint density at radius 3 is 2.80 bits per heavy atom. The monoisotopic (exact) mass is 297 g/mol. The Bertz CT molecular complexity index is 455. The summed E-state index contributed by atoms with van der Waals surface area (Å²) in [5.41, 5.74) is 0.764. The number of hydrogen-bond donors (Lipinski definition) is 1. The number of thioether (sulfide) groups is 1. The maximum absolute atomic E-state index is 12.2. The number of aliphatic hydroxyl groups excluding tert-OH is 1. The van der Waals surface area contributed by atoms with Crippen LogP contribution >= 0.6 is 11.8 Å². The molecule has 0 unspecified atom stereocenters. The van der Waals surface area contributed by atoms with E-state index in [1.54, 1.807) is 6.20 Å². The number of aliphatic hydroxyl groups is 1. The first-order valence-corrected chi connectivity index (χ1v) is 8.12. The van der Waals surface area contributed by atoms with Gasteiger partial charge in [0.15, 0.2) is 5.16 Å². The Labute approximate surface area is 124 Å². The summed E-state index contributed by atoms with van der Waals surface area (Å²) >= 11 is 1.43. The summed E-state index contributed by atoms with van der Waals surface area (Å²) < 4.78 is 1.83. The SMILES string of the molecule is CN(C(=O)CSc1ncc(CO)n1C)C1CCCCC1. The van der Waals surface area contributed by atoms with E-state index in [1.165, 1.54) is 31.0 Å². The van der Waals surface area contributed by atoms with Crippen LogP contribution in [-0.2, 0) is 18.4 Å². The van der Waals surface area contributed by atoms with E-state index in [2.05, 4.69) is 4.98 Å². The smallest absolute Gasteiger partial charge is 0.233 e. The Kier molecular flexibility index (Phi) is 5.48. The molecule has 1 aromatic heterocycles. The maximum atomic E-state index is 12.2. The summed E-state index contributed by atoms with van der Waals surface area (Å²) in [7, 11) is 3.77. The molecule has 1 aromatic rings.